The zero-order chi connectivity index (χ0) is 13.5. The number of rotatable bonds is 6. The molecule has 0 atom stereocenters. The summed E-state index contributed by atoms with van der Waals surface area (Å²) in [5.41, 5.74) is 1.82. The number of hydrogen-bond acceptors (Lipinski definition) is 2. The highest BCUT2D eigenvalue weighted by Gasteiger charge is 2.08. The van der Waals surface area contributed by atoms with Crippen LogP contribution in [0.15, 0.2) is 48.5 Å². The minimum atomic E-state index is -0.375. The molecular formula is C15H14BrFO2. The third-order valence-electron chi connectivity index (χ3n) is 2.59. The molecule has 0 saturated heterocycles. The molecule has 100 valence electrons. The van der Waals surface area contributed by atoms with Crippen LogP contribution in [0.25, 0.3) is 0 Å². The Morgan fingerprint density at radius 3 is 2.53 bits per heavy atom. The molecule has 2 aromatic carbocycles. The fraction of sp³-hybridized carbons (Fsp3) is 0.200. The maximum Gasteiger partial charge on any atom is 0.189 e. The van der Waals surface area contributed by atoms with Crippen molar-refractivity contribution in [1.82, 2.24) is 0 Å². The van der Waals surface area contributed by atoms with Crippen molar-refractivity contribution in [2.24, 2.45) is 0 Å². The Kier molecular flexibility index (Phi) is 5.36. The summed E-state index contributed by atoms with van der Waals surface area (Å²) >= 11 is 3.30. The van der Waals surface area contributed by atoms with E-state index in [0.29, 0.717) is 11.9 Å². The number of para-hydroxylation sites is 1. The summed E-state index contributed by atoms with van der Waals surface area (Å²) in [6.07, 6.45) is 0. The van der Waals surface area contributed by atoms with Crippen LogP contribution in [0.5, 0.6) is 5.75 Å². The van der Waals surface area contributed by atoms with E-state index >= 15 is 0 Å². The van der Waals surface area contributed by atoms with E-state index in [1.807, 2.05) is 36.4 Å². The largest absolute Gasteiger partial charge is 0.464 e. The minimum Gasteiger partial charge on any atom is -0.464 e. The molecule has 2 aromatic rings. The Balaban J connectivity index is 1.86. The molecule has 0 heterocycles. The molecule has 0 aromatic heterocycles. The number of benzene rings is 2. The number of hydrogen-bond donors (Lipinski definition) is 0. The quantitative estimate of drug-likeness (QED) is 0.448. The van der Waals surface area contributed by atoms with Gasteiger partial charge in [-0.15, -0.1) is 0 Å². The Labute approximate surface area is 120 Å². The van der Waals surface area contributed by atoms with E-state index in [2.05, 4.69) is 15.9 Å². The van der Waals surface area contributed by atoms with Gasteiger partial charge in [0.2, 0.25) is 0 Å². The second-order valence-corrected chi connectivity index (χ2v) is 4.52. The summed E-state index contributed by atoms with van der Waals surface area (Å²) < 4.78 is 24.3. The Morgan fingerprint density at radius 1 is 1.00 bits per heavy atom. The van der Waals surface area contributed by atoms with Crippen LogP contribution < -0.4 is 4.74 Å². The zero-order valence-electron chi connectivity index (χ0n) is 10.3. The van der Waals surface area contributed by atoms with Crippen LogP contribution in [-0.4, -0.2) is 6.79 Å². The van der Waals surface area contributed by atoms with Crippen molar-refractivity contribution in [2.45, 2.75) is 11.9 Å². The van der Waals surface area contributed by atoms with E-state index in [4.69, 9.17) is 9.47 Å². The predicted octanol–water partition coefficient (Wildman–Crippen LogP) is 4.27. The van der Waals surface area contributed by atoms with E-state index in [0.717, 1.165) is 11.1 Å². The predicted molar refractivity (Wildman–Crippen MR) is 75.8 cm³/mol. The zero-order valence-corrected chi connectivity index (χ0v) is 11.9. The SMILES string of the molecule is Fc1cccc(CBr)c1OCOCc1ccccc1. The summed E-state index contributed by atoms with van der Waals surface area (Å²) in [5.74, 6) is -0.132. The van der Waals surface area contributed by atoms with Crippen LogP contribution in [0.1, 0.15) is 11.1 Å². The maximum absolute atomic E-state index is 13.6. The molecule has 0 spiro atoms. The Hall–Kier alpha value is -1.39. The maximum atomic E-state index is 13.6. The third-order valence-corrected chi connectivity index (χ3v) is 3.19. The van der Waals surface area contributed by atoms with Crippen LogP contribution >= 0.6 is 15.9 Å². The highest BCUT2D eigenvalue weighted by Crippen LogP contribution is 2.24. The molecule has 0 aliphatic carbocycles. The highest BCUT2D eigenvalue weighted by molar-refractivity contribution is 9.08. The van der Waals surface area contributed by atoms with Gasteiger partial charge in [0.25, 0.3) is 0 Å². The van der Waals surface area contributed by atoms with Gasteiger partial charge in [0.05, 0.1) is 6.61 Å². The molecule has 19 heavy (non-hydrogen) atoms. The van der Waals surface area contributed by atoms with Gasteiger partial charge in [-0.1, -0.05) is 58.4 Å². The Morgan fingerprint density at radius 2 is 1.79 bits per heavy atom. The first-order chi connectivity index (χ1) is 9.31. The number of halogens is 2. The van der Waals surface area contributed by atoms with E-state index in [1.54, 1.807) is 6.07 Å². The normalized spacial score (nSPS) is 10.4. The average Bonchev–Trinajstić information content (AvgIpc) is 2.46. The van der Waals surface area contributed by atoms with E-state index in [9.17, 15) is 4.39 Å². The van der Waals surface area contributed by atoms with Gasteiger partial charge >= 0.3 is 0 Å². The van der Waals surface area contributed by atoms with E-state index < -0.39 is 0 Å². The van der Waals surface area contributed by atoms with Gasteiger partial charge in [-0.25, -0.2) is 4.39 Å². The lowest BCUT2D eigenvalue weighted by Gasteiger charge is -2.11. The lowest BCUT2D eigenvalue weighted by molar-refractivity contribution is 0.00261. The summed E-state index contributed by atoms with van der Waals surface area (Å²) in [6.45, 7) is 0.467. The van der Waals surface area contributed by atoms with Gasteiger partial charge in [0, 0.05) is 10.9 Å². The summed E-state index contributed by atoms with van der Waals surface area (Å²) in [5, 5.41) is 0.540. The van der Waals surface area contributed by atoms with Crippen molar-refractivity contribution in [1.29, 1.82) is 0 Å². The summed E-state index contributed by atoms with van der Waals surface area (Å²) in [6, 6.07) is 14.6. The molecule has 0 aliphatic rings. The van der Waals surface area contributed by atoms with Crippen LogP contribution in [0.2, 0.25) is 0 Å². The van der Waals surface area contributed by atoms with Crippen molar-refractivity contribution in [3.8, 4) is 5.75 Å². The molecule has 0 N–H and O–H groups in total. The average molecular weight is 325 g/mol. The molecule has 0 bridgehead atoms. The lowest BCUT2D eigenvalue weighted by atomic mass is 10.2. The molecular weight excluding hydrogens is 311 g/mol. The number of alkyl halides is 1. The number of ether oxygens (including phenoxy) is 2. The second kappa shape index (κ2) is 7.26. The molecule has 0 unspecified atom stereocenters. The van der Waals surface area contributed by atoms with Crippen LogP contribution in [0.3, 0.4) is 0 Å². The molecule has 4 heteroatoms. The fourth-order valence-electron chi connectivity index (χ4n) is 1.65. The van der Waals surface area contributed by atoms with Crippen LogP contribution in [0, 0.1) is 5.82 Å². The molecule has 2 nitrogen and oxygen atoms in total. The fourth-order valence-corrected chi connectivity index (χ4v) is 2.10. The van der Waals surface area contributed by atoms with E-state index in [1.165, 1.54) is 6.07 Å². The summed E-state index contributed by atoms with van der Waals surface area (Å²) in [7, 11) is 0. The van der Waals surface area contributed by atoms with Crippen LogP contribution in [-0.2, 0) is 16.7 Å². The van der Waals surface area contributed by atoms with Gasteiger partial charge in [0.15, 0.2) is 18.4 Å². The molecule has 2 rings (SSSR count). The van der Waals surface area contributed by atoms with Gasteiger partial charge in [-0.2, -0.15) is 0 Å². The minimum absolute atomic E-state index is 0.0236. The summed E-state index contributed by atoms with van der Waals surface area (Å²) in [4.78, 5) is 0. The highest BCUT2D eigenvalue weighted by atomic mass is 79.9. The molecule has 0 fully saturated rings. The van der Waals surface area contributed by atoms with Gasteiger partial charge in [-0.05, 0) is 11.6 Å². The van der Waals surface area contributed by atoms with Gasteiger partial charge in [-0.3, -0.25) is 0 Å². The van der Waals surface area contributed by atoms with E-state index in [-0.39, 0.29) is 18.4 Å². The molecule has 0 saturated carbocycles. The molecule has 0 amide bonds. The lowest BCUT2D eigenvalue weighted by Crippen LogP contribution is -2.05. The first-order valence-corrected chi connectivity index (χ1v) is 7.01. The third kappa shape index (κ3) is 4.04. The van der Waals surface area contributed by atoms with Crippen LogP contribution in [0.4, 0.5) is 4.39 Å². The molecule has 0 radical (unpaired) electrons. The van der Waals surface area contributed by atoms with Crippen molar-refractivity contribution in [3.05, 3.63) is 65.5 Å². The monoisotopic (exact) mass is 324 g/mol. The standard InChI is InChI=1S/C15H14BrFO2/c16-9-13-7-4-8-14(17)15(13)19-11-18-10-12-5-2-1-3-6-12/h1-8H,9-11H2. The van der Waals surface area contributed by atoms with Crippen molar-refractivity contribution in [2.75, 3.05) is 6.79 Å². The van der Waals surface area contributed by atoms with Crippen molar-refractivity contribution in [3.63, 3.8) is 0 Å². The van der Waals surface area contributed by atoms with Gasteiger partial charge in [0.1, 0.15) is 0 Å². The van der Waals surface area contributed by atoms with Gasteiger partial charge < -0.3 is 9.47 Å². The first-order valence-electron chi connectivity index (χ1n) is 5.89. The Bertz CT molecular complexity index is 517. The van der Waals surface area contributed by atoms with Crippen molar-refractivity contribution >= 4 is 15.9 Å². The second-order valence-electron chi connectivity index (χ2n) is 3.96. The first kappa shape index (κ1) is 14.0. The topological polar surface area (TPSA) is 18.5 Å². The molecule has 0 aliphatic heterocycles. The van der Waals surface area contributed by atoms with Crippen molar-refractivity contribution < 1.29 is 13.9 Å². The smallest absolute Gasteiger partial charge is 0.189 e.